The van der Waals surface area contributed by atoms with E-state index in [1.165, 1.54) is 17.1 Å². The van der Waals surface area contributed by atoms with E-state index in [2.05, 4.69) is 25.1 Å². The number of H-pyrrole nitrogens is 1. The van der Waals surface area contributed by atoms with E-state index in [4.69, 9.17) is 0 Å². The van der Waals surface area contributed by atoms with E-state index in [0.717, 1.165) is 29.4 Å². The van der Waals surface area contributed by atoms with Crippen LogP contribution in [0, 0.1) is 5.92 Å². The molecule has 0 unspecified atom stereocenters. The summed E-state index contributed by atoms with van der Waals surface area (Å²) in [6, 6.07) is 10.8. The first-order chi connectivity index (χ1) is 14.9. The monoisotopic (exact) mass is 436 g/mol. The number of aryl methyl sites for hydroxylation is 1. The summed E-state index contributed by atoms with van der Waals surface area (Å²) < 4.78 is 29.0. The molecule has 1 amide bonds. The Morgan fingerprint density at radius 2 is 1.97 bits per heavy atom. The quantitative estimate of drug-likeness (QED) is 0.429. The van der Waals surface area contributed by atoms with Crippen molar-refractivity contribution in [3.63, 3.8) is 0 Å². The lowest BCUT2D eigenvalue weighted by molar-refractivity contribution is -0.117. The number of sulfonamides is 1. The Balaban J connectivity index is 1.44. The van der Waals surface area contributed by atoms with Crippen LogP contribution >= 0.6 is 0 Å². The minimum Gasteiger partial charge on any atom is -0.346 e. The number of carbonyl (C=O) groups excluding carboxylic acids is 1. The van der Waals surface area contributed by atoms with Crippen LogP contribution in [0.1, 0.15) is 12.8 Å². The van der Waals surface area contributed by atoms with Gasteiger partial charge in [-0.05, 0) is 48.2 Å². The Kier molecular flexibility index (Phi) is 4.51. The first-order valence-corrected chi connectivity index (χ1v) is 11.3. The van der Waals surface area contributed by atoms with Crippen LogP contribution in [0.3, 0.4) is 0 Å². The average Bonchev–Trinajstić information content (AvgIpc) is 3.32. The molecule has 1 saturated carbocycles. The maximum absolute atomic E-state index is 12.5. The molecule has 3 N–H and O–H groups in total. The van der Waals surface area contributed by atoms with Gasteiger partial charge in [-0.15, -0.1) is 0 Å². The fraction of sp³-hybridized carbons (Fsp3) is 0.190. The molecule has 4 aromatic rings. The van der Waals surface area contributed by atoms with Crippen LogP contribution in [0.5, 0.6) is 0 Å². The molecular formula is C21H20N6O3S. The van der Waals surface area contributed by atoms with Crippen molar-refractivity contribution in [2.75, 3.05) is 10.0 Å². The normalized spacial score (nSPS) is 14.0. The lowest BCUT2D eigenvalue weighted by atomic mass is 10.0. The molecule has 0 spiro atoms. The SMILES string of the molecule is Cn1cc(S(=O)(=O)Nc2ccc(-c3cc(NC(=O)C4CC4)nc4[nH]ccc34)cc2)cn1. The van der Waals surface area contributed by atoms with Gasteiger partial charge >= 0.3 is 0 Å². The van der Waals surface area contributed by atoms with Crippen molar-refractivity contribution in [2.45, 2.75) is 17.7 Å². The molecule has 31 heavy (non-hydrogen) atoms. The molecule has 1 fully saturated rings. The van der Waals surface area contributed by atoms with Gasteiger partial charge in [-0.2, -0.15) is 5.10 Å². The topological polar surface area (TPSA) is 122 Å². The summed E-state index contributed by atoms with van der Waals surface area (Å²) in [5.41, 5.74) is 2.87. The summed E-state index contributed by atoms with van der Waals surface area (Å²) in [5, 5.41) is 7.70. The minimum atomic E-state index is -3.71. The van der Waals surface area contributed by atoms with Gasteiger partial charge in [0, 0.05) is 36.4 Å². The van der Waals surface area contributed by atoms with Gasteiger partial charge < -0.3 is 10.3 Å². The molecule has 1 aliphatic rings. The Morgan fingerprint density at radius 3 is 2.65 bits per heavy atom. The zero-order valence-corrected chi connectivity index (χ0v) is 17.5. The highest BCUT2D eigenvalue weighted by atomic mass is 32.2. The molecule has 1 aliphatic carbocycles. The molecule has 10 heteroatoms. The summed E-state index contributed by atoms with van der Waals surface area (Å²) in [6.45, 7) is 0. The Bertz CT molecular complexity index is 1380. The zero-order valence-electron chi connectivity index (χ0n) is 16.7. The first kappa shape index (κ1) is 19.3. The number of carbonyl (C=O) groups is 1. The molecule has 0 atom stereocenters. The molecule has 0 aliphatic heterocycles. The smallest absolute Gasteiger partial charge is 0.265 e. The number of hydrogen-bond donors (Lipinski definition) is 3. The second kappa shape index (κ2) is 7.24. The molecule has 158 valence electrons. The molecule has 0 radical (unpaired) electrons. The largest absolute Gasteiger partial charge is 0.346 e. The third kappa shape index (κ3) is 3.89. The Morgan fingerprint density at radius 1 is 1.19 bits per heavy atom. The molecule has 5 rings (SSSR count). The number of aromatic nitrogens is 4. The molecule has 0 bridgehead atoms. The molecule has 1 aromatic carbocycles. The highest BCUT2D eigenvalue weighted by Crippen LogP contribution is 2.33. The van der Waals surface area contributed by atoms with Crippen LogP contribution < -0.4 is 10.0 Å². The number of aromatic amines is 1. The number of pyridine rings is 1. The highest BCUT2D eigenvalue weighted by molar-refractivity contribution is 7.92. The molecular weight excluding hydrogens is 416 g/mol. The lowest BCUT2D eigenvalue weighted by Gasteiger charge is -2.10. The van der Waals surface area contributed by atoms with Crippen LogP contribution in [0.25, 0.3) is 22.2 Å². The summed E-state index contributed by atoms with van der Waals surface area (Å²) in [7, 11) is -2.06. The number of nitrogens with zero attached hydrogens (tertiary/aromatic N) is 3. The fourth-order valence-corrected chi connectivity index (χ4v) is 4.43. The molecule has 9 nitrogen and oxygen atoms in total. The zero-order chi connectivity index (χ0) is 21.6. The van der Waals surface area contributed by atoms with E-state index in [0.29, 0.717) is 17.2 Å². The molecule has 0 saturated heterocycles. The number of fused-ring (bicyclic) bond motifs is 1. The van der Waals surface area contributed by atoms with Gasteiger partial charge in [0.25, 0.3) is 10.0 Å². The van der Waals surface area contributed by atoms with Gasteiger partial charge in [0.05, 0.1) is 6.20 Å². The maximum atomic E-state index is 12.5. The van der Waals surface area contributed by atoms with Gasteiger partial charge in [-0.1, -0.05) is 12.1 Å². The van der Waals surface area contributed by atoms with Crippen molar-refractivity contribution in [3.8, 4) is 11.1 Å². The molecule has 3 aromatic heterocycles. The predicted molar refractivity (Wildman–Crippen MR) is 117 cm³/mol. The van der Waals surface area contributed by atoms with E-state index in [9.17, 15) is 13.2 Å². The van der Waals surface area contributed by atoms with Crippen LogP contribution in [0.15, 0.2) is 59.9 Å². The van der Waals surface area contributed by atoms with Gasteiger partial charge in [-0.25, -0.2) is 13.4 Å². The number of rotatable bonds is 6. The maximum Gasteiger partial charge on any atom is 0.265 e. The second-order valence-corrected chi connectivity index (χ2v) is 9.27. The third-order valence-corrected chi connectivity index (χ3v) is 6.50. The van der Waals surface area contributed by atoms with E-state index in [-0.39, 0.29) is 16.7 Å². The fourth-order valence-electron chi connectivity index (χ4n) is 3.38. The minimum absolute atomic E-state index is 0.00971. The van der Waals surface area contributed by atoms with Crippen molar-refractivity contribution in [1.82, 2.24) is 19.7 Å². The number of anilines is 2. The standard InChI is InChI=1S/C21H20N6O3S/c1-27-12-16(11-23-27)31(29,30)26-15-6-4-13(5-7-15)18-10-19(25-21(28)14-2-3-14)24-20-17(18)8-9-22-20/h4-12,14,26H,2-3H2,1H3,(H2,22,24,25,28). The number of amides is 1. The van der Waals surface area contributed by atoms with Crippen LogP contribution in [-0.4, -0.2) is 34.1 Å². The predicted octanol–water partition coefficient (Wildman–Crippen LogP) is 3.11. The number of nitrogens with one attached hydrogen (secondary N) is 3. The van der Waals surface area contributed by atoms with Crippen LogP contribution in [-0.2, 0) is 21.9 Å². The van der Waals surface area contributed by atoms with E-state index in [1.54, 1.807) is 25.4 Å². The van der Waals surface area contributed by atoms with Gasteiger partial charge in [-0.3, -0.25) is 14.2 Å². The van der Waals surface area contributed by atoms with Crippen molar-refractivity contribution < 1.29 is 13.2 Å². The van der Waals surface area contributed by atoms with E-state index < -0.39 is 10.0 Å². The van der Waals surface area contributed by atoms with Crippen LogP contribution in [0.4, 0.5) is 11.5 Å². The van der Waals surface area contributed by atoms with Gasteiger partial charge in [0.15, 0.2) is 0 Å². The molecule has 3 heterocycles. The summed E-state index contributed by atoms with van der Waals surface area (Å²) in [6.07, 6.45) is 6.37. The van der Waals surface area contributed by atoms with Crippen LogP contribution in [0.2, 0.25) is 0 Å². The van der Waals surface area contributed by atoms with Gasteiger partial charge in [0.1, 0.15) is 16.4 Å². The number of hydrogen-bond acceptors (Lipinski definition) is 5. The summed E-state index contributed by atoms with van der Waals surface area (Å²) in [5.74, 6) is 0.560. The van der Waals surface area contributed by atoms with Gasteiger partial charge in [0.2, 0.25) is 5.91 Å². The average molecular weight is 436 g/mol. The van der Waals surface area contributed by atoms with Crippen molar-refractivity contribution in [3.05, 3.63) is 55.0 Å². The lowest BCUT2D eigenvalue weighted by Crippen LogP contribution is -2.14. The third-order valence-electron chi connectivity index (χ3n) is 5.17. The first-order valence-electron chi connectivity index (χ1n) is 9.80. The highest BCUT2D eigenvalue weighted by Gasteiger charge is 2.30. The van der Waals surface area contributed by atoms with Crippen molar-refractivity contribution in [1.29, 1.82) is 0 Å². The van der Waals surface area contributed by atoms with E-state index >= 15 is 0 Å². The number of benzene rings is 1. The Labute approximate surface area is 178 Å². The van der Waals surface area contributed by atoms with Crippen molar-refractivity contribution >= 4 is 38.5 Å². The summed E-state index contributed by atoms with van der Waals surface area (Å²) >= 11 is 0. The summed E-state index contributed by atoms with van der Waals surface area (Å²) in [4.78, 5) is 19.8. The second-order valence-electron chi connectivity index (χ2n) is 7.59. The van der Waals surface area contributed by atoms with E-state index in [1.807, 2.05) is 24.3 Å². The Hall–Kier alpha value is -3.66. The van der Waals surface area contributed by atoms with Crippen molar-refractivity contribution in [2.24, 2.45) is 13.0 Å².